The highest BCUT2D eigenvalue weighted by atomic mass is 16.5. The van der Waals surface area contributed by atoms with E-state index >= 15 is 0 Å². The van der Waals surface area contributed by atoms with Gasteiger partial charge in [-0.25, -0.2) is 4.98 Å². The Bertz CT molecular complexity index is 791. The number of ether oxygens (including phenoxy) is 1. The van der Waals surface area contributed by atoms with Gasteiger partial charge in [0.15, 0.2) is 0 Å². The van der Waals surface area contributed by atoms with Gasteiger partial charge < -0.3 is 18.6 Å². The second-order valence-electron chi connectivity index (χ2n) is 8.07. The number of nitrogens with zero attached hydrogens (tertiary/aromatic N) is 4. The average molecular weight is 386 g/mol. The lowest BCUT2D eigenvalue weighted by atomic mass is 9.96. The number of likely N-dealkylation sites (tertiary alicyclic amines) is 1. The van der Waals surface area contributed by atoms with E-state index in [1.54, 1.807) is 6.26 Å². The molecule has 0 unspecified atom stereocenters. The van der Waals surface area contributed by atoms with Crippen molar-refractivity contribution >= 4 is 5.91 Å². The summed E-state index contributed by atoms with van der Waals surface area (Å²) >= 11 is 0. The first kappa shape index (κ1) is 19.2. The van der Waals surface area contributed by atoms with Crippen LogP contribution in [-0.4, -0.2) is 64.7 Å². The number of aromatic nitrogens is 2. The number of carbonyl (C=O) groups excluding carboxylic acids is 1. The van der Waals surface area contributed by atoms with E-state index in [0.717, 1.165) is 63.8 Å². The summed E-state index contributed by atoms with van der Waals surface area (Å²) in [7, 11) is 0. The minimum atomic E-state index is 0.0596. The molecule has 2 aliphatic heterocycles. The molecule has 2 fully saturated rings. The zero-order chi connectivity index (χ0) is 19.5. The standard InChI is InChI=1S/C21H30N4O3/c1-16(2)25-7-5-22-20(25)17-4-3-6-24(13-17)21(26)18-12-19(28-15-18)14-23-8-10-27-11-9-23/h5,7,12,15-17H,3-4,6,8-11,13-14H2,1-2H3/t17-/m1/s1. The van der Waals surface area contributed by atoms with E-state index in [4.69, 9.17) is 9.15 Å². The molecule has 0 bridgehead atoms. The lowest BCUT2D eigenvalue weighted by Gasteiger charge is -2.33. The Labute approximate surface area is 166 Å². The quantitative estimate of drug-likeness (QED) is 0.791. The molecule has 4 rings (SSSR count). The van der Waals surface area contributed by atoms with Crippen molar-refractivity contribution < 1.29 is 13.9 Å². The molecule has 2 aliphatic rings. The number of furan rings is 1. The van der Waals surface area contributed by atoms with Gasteiger partial charge in [-0.1, -0.05) is 0 Å². The first-order valence-corrected chi connectivity index (χ1v) is 10.3. The van der Waals surface area contributed by atoms with Gasteiger partial charge in [-0.3, -0.25) is 9.69 Å². The summed E-state index contributed by atoms with van der Waals surface area (Å²) in [5, 5.41) is 0. The number of rotatable bonds is 5. The third-order valence-corrected chi connectivity index (χ3v) is 5.71. The van der Waals surface area contributed by atoms with Gasteiger partial charge >= 0.3 is 0 Å². The normalized spacial score (nSPS) is 21.4. The van der Waals surface area contributed by atoms with Gasteiger partial charge in [0, 0.05) is 50.5 Å². The molecule has 0 spiro atoms. The summed E-state index contributed by atoms with van der Waals surface area (Å²) in [5.74, 6) is 2.28. The number of carbonyl (C=O) groups is 1. The summed E-state index contributed by atoms with van der Waals surface area (Å²) < 4.78 is 13.3. The van der Waals surface area contributed by atoms with Crippen molar-refractivity contribution in [1.82, 2.24) is 19.4 Å². The van der Waals surface area contributed by atoms with Crippen LogP contribution in [0, 0.1) is 0 Å². The van der Waals surface area contributed by atoms with Crippen molar-refractivity contribution in [2.45, 2.75) is 45.2 Å². The SMILES string of the molecule is CC(C)n1ccnc1[C@@H]1CCCN(C(=O)c2coc(CN3CCOCC3)c2)C1. The molecule has 0 N–H and O–H groups in total. The highest BCUT2D eigenvalue weighted by molar-refractivity contribution is 5.94. The van der Waals surface area contributed by atoms with Crippen LogP contribution in [0.15, 0.2) is 29.1 Å². The van der Waals surface area contributed by atoms with Crippen LogP contribution in [0.1, 0.15) is 60.6 Å². The van der Waals surface area contributed by atoms with Crippen molar-refractivity contribution in [2.75, 3.05) is 39.4 Å². The molecule has 2 aromatic rings. The molecule has 0 aliphatic carbocycles. The fourth-order valence-corrected chi connectivity index (χ4v) is 4.19. The highest BCUT2D eigenvalue weighted by Gasteiger charge is 2.29. The van der Waals surface area contributed by atoms with Crippen molar-refractivity contribution in [3.63, 3.8) is 0 Å². The van der Waals surface area contributed by atoms with E-state index in [1.165, 1.54) is 0 Å². The maximum atomic E-state index is 13.0. The lowest BCUT2D eigenvalue weighted by Crippen LogP contribution is -2.39. The van der Waals surface area contributed by atoms with E-state index in [0.29, 0.717) is 18.2 Å². The molecule has 28 heavy (non-hydrogen) atoms. The van der Waals surface area contributed by atoms with Crippen molar-refractivity contribution in [1.29, 1.82) is 0 Å². The Morgan fingerprint density at radius 2 is 2.11 bits per heavy atom. The molecule has 1 atom stereocenters. The number of amides is 1. The van der Waals surface area contributed by atoms with Gasteiger partial charge in [0.2, 0.25) is 0 Å². The Morgan fingerprint density at radius 1 is 1.29 bits per heavy atom. The summed E-state index contributed by atoms with van der Waals surface area (Å²) in [6.07, 6.45) is 7.58. The van der Waals surface area contributed by atoms with E-state index in [9.17, 15) is 4.79 Å². The Hall–Kier alpha value is -2.12. The minimum Gasteiger partial charge on any atom is -0.467 e. The largest absolute Gasteiger partial charge is 0.467 e. The van der Waals surface area contributed by atoms with E-state index in [2.05, 4.69) is 28.3 Å². The third kappa shape index (κ3) is 4.15. The van der Waals surface area contributed by atoms with Crippen LogP contribution in [0.2, 0.25) is 0 Å². The first-order valence-electron chi connectivity index (χ1n) is 10.3. The minimum absolute atomic E-state index is 0.0596. The second kappa shape index (κ2) is 8.49. The molecular formula is C21H30N4O3. The second-order valence-corrected chi connectivity index (χ2v) is 8.07. The maximum Gasteiger partial charge on any atom is 0.257 e. The zero-order valence-corrected chi connectivity index (χ0v) is 16.8. The number of piperidine rings is 1. The number of hydrogen-bond donors (Lipinski definition) is 0. The summed E-state index contributed by atoms with van der Waals surface area (Å²) in [6.45, 7) is 9.89. The fourth-order valence-electron chi connectivity index (χ4n) is 4.19. The molecule has 1 amide bonds. The number of imidazole rings is 1. The zero-order valence-electron chi connectivity index (χ0n) is 16.8. The van der Waals surface area contributed by atoms with Crippen LogP contribution in [0.4, 0.5) is 0 Å². The van der Waals surface area contributed by atoms with Gasteiger partial charge in [0.05, 0.1) is 25.3 Å². The maximum absolute atomic E-state index is 13.0. The molecule has 152 valence electrons. The topological polar surface area (TPSA) is 63.7 Å². The van der Waals surface area contributed by atoms with Gasteiger partial charge in [-0.15, -0.1) is 0 Å². The average Bonchev–Trinajstić information content (AvgIpc) is 3.38. The predicted octanol–water partition coefficient (Wildman–Crippen LogP) is 2.91. The van der Waals surface area contributed by atoms with Crippen LogP contribution in [0.5, 0.6) is 0 Å². The van der Waals surface area contributed by atoms with Gasteiger partial charge in [0.1, 0.15) is 17.8 Å². The molecule has 4 heterocycles. The first-order chi connectivity index (χ1) is 13.6. The van der Waals surface area contributed by atoms with Gasteiger partial charge in [0.25, 0.3) is 5.91 Å². The molecule has 7 heteroatoms. The predicted molar refractivity (Wildman–Crippen MR) is 105 cm³/mol. The lowest BCUT2D eigenvalue weighted by molar-refractivity contribution is 0.0313. The highest BCUT2D eigenvalue weighted by Crippen LogP contribution is 2.28. The van der Waals surface area contributed by atoms with Crippen LogP contribution in [-0.2, 0) is 11.3 Å². The number of morpholine rings is 1. The van der Waals surface area contributed by atoms with Crippen LogP contribution < -0.4 is 0 Å². The summed E-state index contributed by atoms with van der Waals surface area (Å²) in [5.41, 5.74) is 0.649. The van der Waals surface area contributed by atoms with E-state index in [1.807, 2.05) is 23.4 Å². The molecular weight excluding hydrogens is 356 g/mol. The van der Waals surface area contributed by atoms with Gasteiger partial charge in [-0.05, 0) is 32.8 Å². The molecule has 0 saturated carbocycles. The van der Waals surface area contributed by atoms with Crippen LogP contribution in [0.3, 0.4) is 0 Å². The molecule has 2 saturated heterocycles. The monoisotopic (exact) mass is 386 g/mol. The van der Waals surface area contributed by atoms with Crippen molar-refractivity contribution in [3.05, 3.63) is 41.9 Å². The van der Waals surface area contributed by atoms with Crippen molar-refractivity contribution in [2.24, 2.45) is 0 Å². The molecule has 7 nitrogen and oxygen atoms in total. The summed E-state index contributed by atoms with van der Waals surface area (Å²) in [4.78, 5) is 21.9. The Balaban J connectivity index is 1.41. The summed E-state index contributed by atoms with van der Waals surface area (Å²) in [6, 6.07) is 2.27. The van der Waals surface area contributed by atoms with Crippen LogP contribution in [0.25, 0.3) is 0 Å². The molecule has 2 aromatic heterocycles. The Kier molecular flexibility index (Phi) is 5.82. The van der Waals surface area contributed by atoms with Gasteiger partial charge in [-0.2, -0.15) is 0 Å². The third-order valence-electron chi connectivity index (χ3n) is 5.71. The Morgan fingerprint density at radius 3 is 2.89 bits per heavy atom. The van der Waals surface area contributed by atoms with E-state index in [-0.39, 0.29) is 11.8 Å². The fraction of sp³-hybridized carbons (Fsp3) is 0.619. The molecule has 0 aromatic carbocycles. The van der Waals surface area contributed by atoms with Crippen molar-refractivity contribution in [3.8, 4) is 0 Å². The number of hydrogen-bond acceptors (Lipinski definition) is 5. The molecule has 0 radical (unpaired) electrons. The van der Waals surface area contributed by atoms with Crippen LogP contribution >= 0.6 is 0 Å². The smallest absolute Gasteiger partial charge is 0.257 e. The van der Waals surface area contributed by atoms with E-state index < -0.39 is 0 Å².